The van der Waals surface area contributed by atoms with E-state index >= 15 is 0 Å². The van der Waals surface area contributed by atoms with E-state index in [1.807, 2.05) is 13.0 Å². The second-order valence-electron chi connectivity index (χ2n) is 4.89. The van der Waals surface area contributed by atoms with Crippen molar-refractivity contribution in [3.8, 4) is 0 Å². The zero-order valence-corrected chi connectivity index (χ0v) is 10.3. The highest BCUT2D eigenvalue weighted by atomic mass is 16.5. The Morgan fingerprint density at radius 1 is 1.65 bits per heavy atom. The third kappa shape index (κ3) is 2.85. The van der Waals surface area contributed by atoms with Gasteiger partial charge in [0.05, 0.1) is 6.54 Å². The predicted molar refractivity (Wildman–Crippen MR) is 63.0 cm³/mol. The summed E-state index contributed by atoms with van der Waals surface area (Å²) < 4.78 is 4.98. The second-order valence-corrected chi connectivity index (χ2v) is 4.89. The first-order valence-electron chi connectivity index (χ1n) is 5.99. The fourth-order valence-electron chi connectivity index (χ4n) is 2.37. The van der Waals surface area contributed by atoms with Gasteiger partial charge in [-0.3, -0.25) is 4.79 Å². The molecule has 1 aromatic rings. The minimum absolute atomic E-state index is 0.0861. The molecule has 1 aliphatic carbocycles. The third-order valence-electron chi connectivity index (χ3n) is 3.27. The van der Waals surface area contributed by atoms with E-state index in [2.05, 4.69) is 5.16 Å². The van der Waals surface area contributed by atoms with Crippen LogP contribution in [0.4, 0.5) is 0 Å². The first-order chi connectivity index (χ1) is 8.06. The number of hydrogen-bond donors (Lipinski definition) is 1. The molecule has 0 spiro atoms. The van der Waals surface area contributed by atoms with E-state index in [-0.39, 0.29) is 17.9 Å². The lowest BCUT2D eigenvalue weighted by molar-refractivity contribution is -0.134. The van der Waals surface area contributed by atoms with Crippen molar-refractivity contribution in [1.29, 1.82) is 0 Å². The summed E-state index contributed by atoms with van der Waals surface area (Å²) >= 11 is 0. The van der Waals surface area contributed by atoms with Crippen molar-refractivity contribution >= 4 is 5.91 Å². The molecule has 0 bridgehead atoms. The third-order valence-corrected chi connectivity index (χ3v) is 3.27. The van der Waals surface area contributed by atoms with Gasteiger partial charge in [-0.25, -0.2) is 0 Å². The summed E-state index contributed by atoms with van der Waals surface area (Å²) in [6.07, 6.45) is 2.66. The molecule has 1 aromatic heterocycles. The van der Waals surface area contributed by atoms with E-state index in [4.69, 9.17) is 10.3 Å². The fraction of sp³-hybridized carbons (Fsp3) is 0.667. The van der Waals surface area contributed by atoms with Crippen LogP contribution in [0, 0.1) is 12.8 Å². The van der Waals surface area contributed by atoms with Crippen LogP contribution in [0.1, 0.15) is 30.7 Å². The number of aryl methyl sites for hydroxylation is 1. The molecule has 1 saturated carbocycles. The molecule has 2 rings (SSSR count). The quantitative estimate of drug-likeness (QED) is 0.853. The molecule has 5 nitrogen and oxygen atoms in total. The Morgan fingerprint density at radius 3 is 2.94 bits per heavy atom. The Bertz CT molecular complexity index is 402. The minimum atomic E-state index is 0.0861. The zero-order valence-electron chi connectivity index (χ0n) is 10.3. The van der Waals surface area contributed by atoms with Gasteiger partial charge in [0.15, 0.2) is 0 Å². The number of carbonyl (C=O) groups is 1. The fourth-order valence-corrected chi connectivity index (χ4v) is 2.37. The lowest BCUT2D eigenvalue weighted by Gasteiger charge is -2.19. The first-order valence-corrected chi connectivity index (χ1v) is 5.99. The summed E-state index contributed by atoms with van der Waals surface area (Å²) in [6.45, 7) is 2.34. The van der Waals surface area contributed by atoms with Gasteiger partial charge < -0.3 is 15.2 Å². The molecular formula is C12H19N3O2. The Hall–Kier alpha value is -1.36. The summed E-state index contributed by atoms with van der Waals surface area (Å²) in [4.78, 5) is 13.8. The Morgan fingerprint density at radius 2 is 2.41 bits per heavy atom. The molecule has 1 heterocycles. The smallest absolute Gasteiger partial charge is 0.225 e. The Balaban J connectivity index is 1.91. The molecular weight excluding hydrogens is 218 g/mol. The van der Waals surface area contributed by atoms with Crippen LogP contribution in [0.5, 0.6) is 0 Å². The van der Waals surface area contributed by atoms with E-state index in [0.29, 0.717) is 6.54 Å². The average molecular weight is 237 g/mol. The topological polar surface area (TPSA) is 72.4 Å². The molecule has 0 saturated heterocycles. The highest BCUT2D eigenvalue weighted by molar-refractivity contribution is 5.78. The average Bonchev–Trinajstić information content (AvgIpc) is 2.87. The molecule has 1 aliphatic rings. The highest BCUT2D eigenvalue weighted by Gasteiger charge is 2.29. The number of aromatic nitrogens is 1. The van der Waals surface area contributed by atoms with E-state index in [1.165, 1.54) is 0 Å². The maximum absolute atomic E-state index is 12.1. The molecule has 1 fully saturated rings. The molecule has 1 amide bonds. The van der Waals surface area contributed by atoms with Crippen LogP contribution in [0.15, 0.2) is 10.6 Å². The van der Waals surface area contributed by atoms with Crippen molar-refractivity contribution in [3.05, 3.63) is 17.5 Å². The molecule has 2 unspecified atom stereocenters. The van der Waals surface area contributed by atoms with Gasteiger partial charge >= 0.3 is 0 Å². The van der Waals surface area contributed by atoms with Crippen LogP contribution in [-0.2, 0) is 11.3 Å². The van der Waals surface area contributed by atoms with Crippen molar-refractivity contribution in [3.63, 3.8) is 0 Å². The predicted octanol–water partition coefficient (Wildman–Crippen LogP) is 1.07. The van der Waals surface area contributed by atoms with Crippen molar-refractivity contribution in [2.75, 3.05) is 7.05 Å². The van der Waals surface area contributed by atoms with Gasteiger partial charge in [-0.05, 0) is 26.2 Å². The van der Waals surface area contributed by atoms with Crippen LogP contribution >= 0.6 is 0 Å². The maximum Gasteiger partial charge on any atom is 0.225 e. The number of hydrogen-bond acceptors (Lipinski definition) is 4. The largest absolute Gasteiger partial charge is 0.361 e. The van der Waals surface area contributed by atoms with Crippen LogP contribution in [0.25, 0.3) is 0 Å². The second kappa shape index (κ2) is 4.87. The molecule has 0 aliphatic heterocycles. The van der Waals surface area contributed by atoms with Gasteiger partial charge in [0.1, 0.15) is 11.5 Å². The Kier molecular flexibility index (Phi) is 3.47. The number of nitrogens with zero attached hydrogens (tertiary/aromatic N) is 2. The number of rotatable bonds is 3. The molecule has 94 valence electrons. The van der Waals surface area contributed by atoms with E-state index in [0.717, 1.165) is 30.7 Å². The molecule has 2 N–H and O–H groups in total. The summed E-state index contributed by atoms with van der Waals surface area (Å²) in [6, 6.07) is 2.04. The monoisotopic (exact) mass is 237 g/mol. The minimum Gasteiger partial charge on any atom is -0.361 e. The molecule has 17 heavy (non-hydrogen) atoms. The number of nitrogens with two attached hydrogens (primary N) is 1. The lowest BCUT2D eigenvalue weighted by atomic mass is 10.1. The molecule has 0 radical (unpaired) electrons. The normalized spacial score (nSPS) is 23.9. The highest BCUT2D eigenvalue weighted by Crippen LogP contribution is 2.26. The number of amides is 1. The van der Waals surface area contributed by atoms with Gasteiger partial charge in [-0.1, -0.05) is 5.16 Å². The van der Waals surface area contributed by atoms with E-state index in [9.17, 15) is 4.79 Å². The van der Waals surface area contributed by atoms with Gasteiger partial charge in [-0.15, -0.1) is 0 Å². The number of carbonyl (C=O) groups excluding carboxylic acids is 1. The first kappa shape index (κ1) is 12.1. The van der Waals surface area contributed by atoms with Gasteiger partial charge in [-0.2, -0.15) is 0 Å². The lowest BCUT2D eigenvalue weighted by Crippen LogP contribution is -2.32. The van der Waals surface area contributed by atoms with Crippen LogP contribution in [0.2, 0.25) is 0 Å². The van der Waals surface area contributed by atoms with Crippen LogP contribution in [0.3, 0.4) is 0 Å². The Labute approximate surface area is 101 Å². The van der Waals surface area contributed by atoms with Crippen molar-refractivity contribution < 1.29 is 9.32 Å². The van der Waals surface area contributed by atoms with Gasteiger partial charge in [0, 0.05) is 25.1 Å². The van der Waals surface area contributed by atoms with Crippen molar-refractivity contribution in [2.45, 2.75) is 38.8 Å². The summed E-state index contributed by atoms with van der Waals surface area (Å²) in [5.74, 6) is 1.02. The van der Waals surface area contributed by atoms with Crippen LogP contribution in [-0.4, -0.2) is 29.1 Å². The summed E-state index contributed by atoms with van der Waals surface area (Å²) in [7, 11) is 1.80. The van der Waals surface area contributed by atoms with Gasteiger partial charge in [0.2, 0.25) is 5.91 Å². The molecule has 2 atom stereocenters. The standard InChI is InChI=1S/C12H19N3O2/c1-8-5-11(14-17-8)7-15(2)12(16)9-3-4-10(13)6-9/h5,9-10H,3-4,6-7,13H2,1-2H3. The van der Waals surface area contributed by atoms with Crippen molar-refractivity contribution in [2.24, 2.45) is 11.7 Å². The van der Waals surface area contributed by atoms with E-state index < -0.39 is 0 Å². The van der Waals surface area contributed by atoms with Gasteiger partial charge in [0.25, 0.3) is 0 Å². The zero-order chi connectivity index (χ0) is 12.4. The van der Waals surface area contributed by atoms with Crippen molar-refractivity contribution in [1.82, 2.24) is 10.1 Å². The molecule has 5 heteroatoms. The van der Waals surface area contributed by atoms with E-state index in [1.54, 1.807) is 11.9 Å². The maximum atomic E-state index is 12.1. The van der Waals surface area contributed by atoms with Crippen LogP contribution < -0.4 is 5.73 Å². The summed E-state index contributed by atoms with van der Waals surface area (Å²) in [5.41, 5.74) is 6.61. The summed E-state index contributed by atoms with van der Waals surface area (Å²) in [5, 5.41) is 3.89. The molecule has 0 aromatic carbocycles. The SMILES string of the molecule is Cc1cc(CN(C)C(=O)C2CCC(N)C2)no1.